The predicted octanol–water partition coefficient (Wildman–Crippen LogP) is -7.84. The molecule has 0 saturated carbocycles. The molecule has 0 aromatic heterocycles. The molecule has 0 fully saturated rings. The van der Waals surface area contributed by atoms with E-state index in [4.69, 9.17) is 9.79 Å². The van der Waals surface area contributed by atoms with Gasteiger partial charge in [-0.1, -0.05) is 18.2 Å². The maximum Gasteiger partial charge on any atom is 1.00 e. The van der Waals surface area contributed by atoms with Crippen LogP contribution >= 0.6 is 15.2 Å². The molecule has 0 heterocycles. The third-order valence-corrected chi connectivity index (χ3v) is 6.07. The molecule has 0 spiro atoms. The molecular formula is C9H11NNa2O8P2. The van der Waals surface area contributed by atoms with Crippen LogP contribution in [0.25, 0.3) is 0 Å². The van der Waals surface area contributed by atoms with Gasteiger partial charge in [-0.2, -0.15) is 0 Å². The molecule has 1 aromatic carbocycles. The first-order valence-electron chi connectivity index (χ1n) is 5.12. The maximum atomic E-state index is 11.6. The molecular weight excluding hydrogens is 358 g/mol. The van der Waals surface area contributed by atoms with Gasteiger partial charge in [-0.15, -0.1) is 0 Å². The second-order valence-corrected chi connectivity index (χ2v) is 7.78. The van der Waals surface area contributed by atoms with Gasteiger partial charge in [0.25, 0.3) is 5.91 Å². The molecule has 9 nitrogen and oxygen atoms in total. The van der Waals surface area contributed by atoms with Crippen molar-refractivity contribution in [3.05, 3.63) is 35.9 Å². The fourth-order valence-corrected chi connectivity index (χ4v) is 3.09. The Morgan fingerprint density at radius 1 is 1.09 bits per heavy atom. The number of aliphatic hydroxyl groups is 1. The van der Waals surface area contributed by atoms with E-state index < -0.39 is 32.7 Å². The number of benzene rings is 1. The van der Waals surface area contributed by atoms with E-state index in [0.717, 1.165) is 0 Å². The Morgan fingerprint density at radius 3 is 1.86 bits per heavy atom. The van der Waals surface area contributed by atoms with Gasteiger partial charge in [-0.3, -0.25) is 4.79 Å². The van der Waals surface area contributed by atoms with Crippen LogP contribution in [0.4, 0.5) is 0 Å². The molecule has 0 aliphatic carbocycles. The number of hydrogen-bond donors (Lipinski definition) is 4. The Kier molecular flexibility index (Phi) is 10.8. The van der Waals surface area contributed by atoms with Gasteiger partial charge in [0.05, 0.1) is 6.54 Å². The summed E-state index contributed by atoms with van der Waals surface area (Å²) in [5.74, 6) is -0.897. The largest absolute Gasteiger partial charge is 1.00 e. The third kappa shape index (κ3) is 6.11. The number of hydrogen-bond acceptors (Lipinski definition) is 6. The van der Waals surface area contributed by atoms with E-state index in [1.54, 1.807) is 11.4 Å². The van der Waals surface area contributed by atoms with Crippen molar-refractivity contribution >= 4 is 21.1 Å². The summed E-state index contributed by atoms with van der Waals surface area (Å²) in [5, 5.41) is 7.33. The van der Waals surface area contributed by atoms with Gasteiger partial charge in [0.15, 0.2) is 15.2 Å². The van der Waals surface area contributed by atoms with Crippen molar-refractivity contribution in [2.75, 3.05) is 6.54 Å². The first-order chi connectivity index (χ1) is 8.99. The minimum atomic E-state index is -5.89. The van der Waals surface area contributed by atoms with Crippen molar-refractivity contribution < 1.29 is 97.7 Å². The molecule has 0 saturated heterocycles. The van der Waals surface area contributed by atoms with E-state index in [1.807, 2.05) is 0 Å². The summed E-state index contributed by atoms with van der Waals surface area (Å²) in [7, 11) is -11.8. The molecule has 22 heavy (non-hydrogen) atoms. The Morgan fingerprint density at radius 2 is 1.50 bits per heavy atom. The van der Waals surface area contributed by atoms with Crippen LogP contribution in [0.1, 0.15) is 10.4 Å². The number of carbonyl (C=O) groups excluding carboxylic acids is 1. The van der Waals surface area contributed by atoms with Gasteiger partial charge in [0.2, 0.25) is 5.08 Å². The Labute approximate surface area is 170 Å². The summed E-state index contributed by atoms with van der Waals surface area (Å²) >= 11 is 0. The van der Waals surface area contributed by atoms with Crippen LogP contribution in [0.15, 0.2) is 30.3 Å². The van der Waals surface area contributed by atoms with Crippen LogP contribution in [0.3, 0.4) is 0 Å². The van der Waals surface area contributed by atoms with Crippen molar-refractivity contribution in [3.63, 3.8) is 0 Å². The van der Waals surface area contributed by atoms with Crippen LogP contribution in [0.5, 0.6) is 0 Å². The molecule has 2 atom stereocenters. The second kappa shape index (κ2) is 9.44. The predicted molar refractivity (Wildman–Crippen MR) is 63.4 cm³/mol. The van der Waals surface area contributed by atoms with E-state index in [1.165, 1.54) is 24.3 Å². The molecule has 1 aromatic rings. The van der Waals surface area contributed by atoms with Crippen LogP contribution in [0, 0.1) is 0 Å². The van der Waals surface area contributed by atoms with Gasteiger partial charge in [-0.25, -0.2) is 0 Å². The number of amides is 1. The summed E-state index contributed by atoms with van der Waals surface area (Å²) < 4.78 is 21.8. The van der Waals surface area contributed by atoms with Crippen molar-refractivity contribution in [2.45, 2.75) is 5.08 Å². The van der Waals surface area contributed by atoms with Gasteiger partial charge >= 0.3 is 59.1 Å². The second-order valence-electron chi connectivity index (χ2n) is 3.86. The quantitative estimate of drug-likeness (QED) is 0.293. The number of rotatable bonds is 5. The molecule has 0 bridgehead atoms. The SMILES string of the molecule is O=C(NCC(O)(P(=O)([O-])O)P(=O)([O-])O)c1ccccc1.[Na+].[Na+]. The Hall–Kier alpha value is 0.950. The van der Waals surface area contributed by atoms with E-state index in [-0.39, 0.29) is 64.7 Å². The van der Waals surface area contributed by atoms with Crippen LogP contribution in [-0.4, -0.2) is 32.4 Å². The first-order valence-corrected chi connectivity index (χ1v) is 8.28. The average molecular weight is 369 g/mol. The van der Waals surface area contributed by atoms with E-state index in [9.17, 15) is 28.8 Å². The molecule has 0 aliphatic heterocycles. The van der Waals surface area contributed by atoms with Crippen molar-refractivity contribution in [2.24, 2.45) is 0 Å². The molecule has 1 amide bonds. The average Bonchev–Trinajstić information content (AvgIpc) is 2.33. The molecule has 13 heteroatoms. The number of carbonyl (C=O) groups is 1. The van der Waals surface area contributed by atoms with Gasteiger partial charge in [0, 0.05) is 5.56 Å². The van der Waals surface area contributed by atoms with Gasteiger partial charge < -0.3 is 39.1 Å². The minimum absolute atomic E-state index is 0. The summed E-state index contributed by atoms with van der Waals surface area (Å²) in [5.41, 5.74) is 0.0622. The molecule has 0 radical (unpaired) electrons. The number of nitrogens with one attached hydrogen (secondary N) is 1. The minimum Gasteiger partial charge on any atom is -0.776 e. The zero-order valence-corrected chi connectivity index (χ0v) is 17.7. The zero-order valence-electron chi connectivity index (χ0n) is 11.9. The molecule has 2 unspecified atom stereocenters. The normalized spacial score (nSPS) is 18.4. The van der Waals surface area contributed by atoms with E-state index in [0.29, 0.717) is 0 Å². The van der Waals surface area contributed by atoms with Crippen LogP contribution < -0.4 is 74.2 Å². The van der Waals surface area contributed by atoms with Crippen molar-refractivity contribution in [1.82, 2.24) is 5.32 Å². The van der Waals surface area contributed by atoms with Crippen LogP contribution in [0.2, 0.25) is 0 Å². The van der Waals surface area contributed by atoms with Gasteiger partial charge in [-0.05, 0) is 12.1 Å². The fraction of sp³-hybridized carbons (Fsp3) is 0.222. The third-order valence-electron chi connectivity index (χ3n) is 2.43. The summed E-state index contributed by atoms with van der Waals surface area (Å²) in [4.78, 5) is 50.8. The smallest absolute Gasteiger partial charge is 0.776 e. The van der Waals surface area contributed by atoms with Crippen LogP contribution in [-0.2, 0) is 9.13 Å². The molecule has 4 N–H and O–H groups in total. The summed E-state index contributed by atoms with van der Waals surface area (Å²) in [6, 6.07) is 7.29. The standard InChI is InChI=1S/C9H13NO8P2.2Na/c11-8(7-4-2-1-3-5-7)10-6-9(12,19(13,14)15)20(16,17)18;;/h1-5,12H,6H2,(H,10,11)(H2,13,14,15)(H2,16,17,18);;/q;2*+1/p-2. The Bertz CT molecular complexity index is 565. The molecule has 0 aliphatic rings. The molecule has 1 rings (SSSR count). The van der Waals surface area contributed by atoms with Gasteiger partial charge in [0.1, 0.15) is 0 Å². The zero-order chi connectivity index (χ0) is 15.6. The summed E-state index contributed by atoms with van der Waals surface area (Å²) in [6.07, 6.45) is 0. The van der Waals surface area contributed by atoms with Crippen molar-refractivity contribution in [1.29, 1.82) is 0 Å². The first kappa shape index (κ1) is 25.2. The summed E-state index contributed by atoms with van der Waals surface area (Å²) in [6.45, 7) is -1.42. The maximum absolute atomic E-state index is 11.6. The van der Waals surface area contributed by atoms with E-state index in [2.05, 4.69) is 0 Å². The van der Waals surface area contributed by atoms with E-state index >= 15 is 0 Å². The topological polar surface area (TPSA) is 170 Å². The van der Waals surface area contributed by atoms with Crippen molar-refractivity contribution in [3.8, 4) is 0 Å². The molecule has 112 valence electrons. The monoisotopic (exact) mass is 369 g/mol. The fourth-order valence-electron chi connectivity index (χ4n) is 1.25. The Balaban J connectivity index is 0.